The van der Waals surface area contributed by atoms with Gasteiger partial charge in [-0.25, -0.2) is 14.6 Å². The van der Waals surface area contributed by atoms with Gasteiger partial charge in [-0.3, -0.25) is 9.59 Å². The van der Waals surface area contributed by atoms with E-state index in [9.17, 15) is 9.59 Å². The smallest absolute Gasteiger partial charge is 0.227 e. The molecule has 9 nitrogen and oxygen atoms in total. The minimum absolute atomic E-state index is 0.0997. The summed E-state index contributed by atoms with van der Waals surface area (Å²) in [7, 11) is 0. The summed E-state index contributed by atoms with van der Waals surface area (Å²) in [6.07, 6.45) is 13.0. The largest absolute Gasteiger partial charge is 0.444 e. The number of rotatable bonds is 8. The molecule has 2 heterocycles. The van der Waals surface area contributed by atoms with E-state index in [-0.39, 0.29) is 23.7 Å². The van der Waals surface area contributed by atoms with E-state index in [2.05, 4.69) is 67.2 Å². The standard InChI is InChI=1S/C20H26N2O2.C19H26N4O.2C2H6/c1-13(2)17-8-7-14(3)9-18(17)20(23)22-16-6-4-5-15(10-16)19-11-21-12-24-19;1-13(2)17-9-4-14(3)10-18(17)19(24)22-15-5-7-16(8-6-15)23-12-20-11-21-23;2*1-2/h4-6,10-14,17-18H,7-9H2,1-3H3,(H,22,23);5-8,11-14,17-18H,4,9-10H2,1-3H3,(H,22,24);2*1-2H3. The lowest BCUT2D eigenvalue weighted by Crippen LogP contribution is -2.36. The normalized spacial score (nSPS) is 22.5. The predicted molar refractivity (Wildman–Crippen MR) is 213 cm³/mol. The summed E-state index contributed by atoms with van der Waals surface area (Å²) in [5.41, 5.74) is 3.50. The molecular formula is C43H64N6O3. The Balaban J connectivity index is 0.000000256. The molecule has 6 unspecified atom stereocenters. The number of oxazole rings is 1. The molecule has 0 bridgehead atoms. The van der Waals surface area contributed by atoms with Gasteiger partial charge in [0.2, 0.25) is 11.8 Å². The minimum atomic E-state index is 0.0997. The summed E-state index contributed by atoms with van der Waals surface area (Å²) in [5, 5.41) is 10.3. The molecule has 2 aromatic carbocycles. The van der Waals surface area contributed by atoms with E-state index in [1.54, 1.807) is 17.2 Å². The predicted octanol–water partition coefficient (Wildman–Crippen LogP) is 11.0. The Hall–Kier alpha value is -4.27. The first-order valence-electron chi connectivity index (χ1n) is 19.6. The van der Waals surface area contributed by atoms with E-state index in [1.807, 2.05) is 76.2 Å². The molecule has 0 saturated heterocycles. The van der Waals surface area contributed by atoms with E-state index in [1.165, 1.54) is 25.6 Å². The maximum absolute atomic E-state index is 12.9. The molecule has 2 N–H and O–H groups in total. The molecule has 284 valence electrons. The van der Waals surface area contributed by atoms with Crippen LogP contribution in [0.4, 0.5) is 11.4 Å². The Morgan fingerprint density at radius 2 is 1.31 bits per heavy atom. The number of nitrogens with one attached hydrogen (secondary N) is 2. The number of aromatic nitrogens is 4. The zero-order valence-electron chi connectivity index (χ0n) is 33.3. The second kappa shape index (κ2) is 21.3. The van der Waals surface area contributed by atoms with Crippen LogP contribution >= 0.6 is 0 Å². The molecular weight excluding hydrogens is 649 g/mol. The Labute approximate surface area is 312 Å². The van der Waals surface area contributed by atoms with Crippen LogP contribution in [-0.4, -0.2) is 31.6 Å². The molecule has 2 saturated carbocycles. The van der Waals surface area contributed by atoms with Crippen LogP contribution in [0.25, 0.3) is 17.0 Å². The fourth-order valence-electron chi connectivity index (χ4n) is 7.62. The molecule has 6 rings (SSSR count). The van der Waals surface area contributed by atoms with Crippen molar-refractivity contribution in [3.8, 4) is 17.0 Å². The molecule has 2 fully saturated rings. The molecule has 4 aromatic rings. The summed E-state index contributed by atoms with van der Waals surface area (Å²) in [6.45, 7) is 21.4. The summed E-state index contributed by atoms with van der Waals surface area (Å²) in [6, 6.07) is 15.5. The third-order valence-corrected chi connectivity index (χ3v) is 10.4. The second-order valence-electron chi connectivity index (χ2n) is 14.7. The van der Waals surface area contributed by atoms with Crippen molar-refractivity contribution in [2.75, 3.05) is 10.6 Å². The molecule has 6 atom stereocenters. The van der Waals surface area contributed by atoms with E-state index in [0.717, 1.165) is 48.3 Å². The van der Waals surface area contributed by atoms with Crippen molar-refractivity contribution in [3.05, 3.63) is 73.8 Å². The van der Waals surface area contributed by atoms with Gasteiger partial charge in [0.15, 0.2) is 12.2 Å². The van der Waals surface area contributed by atoms with Gasteiger partial charge in [0, 0.05) is 28.8 Å². The average Bonchev–Trinajstić information content (AvgIpc) is 3.90. The lowest BCUT2D eigenvalue weighted by molar-refractivity contribution is -0.124. The molecule has 2 aliphatic rings. The number of amides is 2. The second-order valence-corrected chi connectivity index (χ2v) is 14.7. The minimum Gasteiger partial charge on any atom is -0.444 e. The third kappa shape index (κ3) is 11.9. The first kappa shape index (κ1) is 42.1. The number of hydrogen-bond acceptors (Lipinski definition) is 6. The highest BCUT2D eigenvalue weighted by Gasteiger charge is 2.36. The molecule has 0 spiro atoms. The maximum atomic E-state index is 12.9. The number of anilines is 2. The van der Waals surface area contributed by atoms with Gasteiger partial charge in [0.25, 0.3) is 0 Å². The zero-order chi connectivity index (χ0) is 38.2. The first-order chi connectivity index (χ1) is 25.1. The van der Waals surface area contributed by atoms with Gasteiger partial charge in [-0.1, -0.05) is 94.2 Å². The van der Waals surface area contributed by atoms with Crippen LogP contribution in [0, 0.1) is 47.3 Å². The Morgan fingerprint density at radius 1 is 0.750 bits per heavy atom. The van der Waals surface area contributed by atoms with Crippen molar-refractivity contribution >= 4 is 23.2 Å². The van der Waals surface area contributed by atoms with Gasteiger partial charge in [0.05, 0.1) is 11.9 Å². The number of nitrogens with zero attached hydrogens (tertiary/aromatic N) is 4. The Kier molecular flexibility index (Phi) is 17.3. The summed E-state index contributed by atoms with van der Waals surface area (Å²) in [5.74, 6) is 4.51. The highest BCUT2D eigenvalue weighted by molar-refractivity contribution is 5.94. The Bertz CT molecular complexity index is 1580. The van der Waals surface area contributed by atoms with Crippen LogP contribution < -0.4 is 10.6 Å². The van der Waals surface area contributed by atoms with E-state index >= 15 is 0 Å². The molecule has 9 heteroatoms. The van der Waals surface area contributed by atoms with Crippen LogP contribution in [0.3, 0.4) is 0 Å². The fraction of sp³-hybridized carbons (Fsp3) is 0.558. The molecule has 0 radical (unpaired) electrons. The van der Waals surface area contributed by atoms with Crippen molar-refractivity contribution in [2.24, 2.45) is 47.3 Å². The maximum Gasteiger partial charge on any atom is 0.227 e. The van der Waals surface area contributed by atoms with Crippen LogP contribution in [-0.2, 0) is 9.59 Å². The number of carbonyl (C=O) groups is 2. The lowest BCUT2D eigenvalue weighted by atomic mass is 9.70. The Morgan fingerprint density at radius 3 is 1.79 bits per heavy atom. The van der Waals surface area contributed by atoms with Crippen molar-refractivity contribution in [2.45, 2.75) is 108 Å². The van der Waals surface area contributed by atoms with Gasteiger partial charge >= 0.3 is 0 Å². The molecule has 2 aliphatic carbocycles. The third-order valence-electron chi connectivity index (χ3n) is 10.4. The molecule has 0 aliphatic heterocycles. The quantitative estimate of drug-likeness (QED) is 0.188. The molecule has 52 heavy (non-hydrogen) atoms. The van der Waals surface area contributed by atoms with Crippen molar-refractivity contribution in [1.29, 1.82) is 0 Å². The van der Waals surface area contributed by atoms with E-state index in [4.69, 9.17) is 4.42 Å². The van der Waals surface area contributed by atoms with Gasteiger partial charge in [-0.2, -0.15) is 5.10 Å². The summed E-state index contributed by atoms with van der Waals surface area (Å²) in [4.78, 5) is 33.6. The van der Waals surface area contributed by atoms with Crippen LogP contribution in [0.5, 0.6) is 0 Å². The number of benzene rings is 2. The number of hydrogen-bond donors (Lipinski definition) is 2. The SMILES string of the molecule is CC.CC.CC1CCC(C(C)C)C(C(=O)Nc2ccc(-n3cncn3)cc2)C1.CC1CCC(C(C)C)C(C(=O)Nc2cccc(-c3cnco3)c2)C1. The van der Waals surface area contributed by atoms with Crippen molar-refractivity contribution < 1.29 is 14.0 Å². The van der Waals surface area contributed by atoms with Crippen LogP contribution in [0.1, 0.15) is 108 Å². The first-order valence-corrected chi connectivity index (χ1v) is 19.6. The number of carbonyl (C=O) groups excluding carboxylic acids is 2. The zero-order valence-corrected chi connectivity index (χ0v) is 33.3. The van der Waals surface area contributed by atoms with E-state index in [0.29, 0.717) is 41.3 Å². The highest BCUT2D eigenvalue weighted by Crippen LogP contribution is 2.40. The van der Waals surface area contributed by atoms with Gasteiger partial charge < -0.3 is 15.1 Å². The van der Waals surface area contributed by atoms with Gasteiger partial charge in [0.1, 0.15) is 12.7 Å². The topological polar surface area (TPSA) is 115 Å². The van der Waals surface area contributed by atoms with Gasteiger partial charge in [-0.05, 0) is 97.6 Å². The fourth-order valence-corrected chi connectivity index (χ4v) is 7.62. The lowest BCUT2D eigenvalue weighted by Gasteiger charge is -2.36. The molecule has 2 aromatic heterocycles. The van der Waals surface area contributed by atoms with Crippen LogP contribution in [0.2, 0.25) is 0 Å². The van der Waals surface area contributed by atoms with Crippen molar-refractivity contribution in [3.63, 3.8) is 0 Å². The van der Waals surface area contributed by atoms with Crippen LogP contribution in [0.15, 0.2) is 78.2 Å². The average molecular weight is 713 g/mol. The van der Waals surface area contributed by atoms with Gasteiger partial charge in [-0.15, -0.1) is 0 Å². The summed E-state index contributed by atoms with van der Waals surface area (Å²) < 4.78 is 7.03. The molecule has 2 amide bonds. The summed E-state index contributed by atoms with van der Waals surface area (Å²) >= 11 is 0. The van der Waals surface area contributed by atoms with E-state index < -0.39 is 0 Å². The monoisotopic (exact) mass is 713 g/mol. The highest BCUT2D eigenvalue weighted by atomic mass is 16.3. The van der Waals surface area contributed by atoms with Crippen molar-refractivity contribution in [1.82, 2.24) is 19.7 Å².